The molecule has 190 valence electrons. The Morgan fingerprint density at radius 2 is 1.64 bits per heavy atom. The highest BCUT2D eigenvalue weighted by Gasteiger charge is 2.33. The molecule has 0 saturated heterocycles. The highest BCUT2D eigenvalue weighted by molar-refractivity contribution is 9.10. The molecule has 0 spiro atoms. The highest BCUT2D eigenvalue weighted by Crippen LogP contribution is 2.27. The molecule has 3 rings (SSSR count). The fourth-order valence-electron chi connectivity index (χ4n) is 3.94. The van der Waals surface area contributed by atoms with Gasteiger partial charge in [0, 0.05) is 18.1 Å². The molecule has 0 aliphatic carbocycles. The summed E-state index contributed by atoms with van der Waals surface area (Å²) in [6.45, 7) is 3.47. The van der Waals surface area contributed by atoms with Crippen molar-refractivity contribution in [3.8, 4) is 0 Å². The minimum absolute atomic E-state index is 0.0709. The van der Waals surface area contributed by atoms with Crippen LogP contribution in [-0.4, -0.2) is 44.8 Å². The van der Waals surface area contributed by atoms with Crippen LogP contribution in [0, 0.1) is 6.92 Å². The van der Waals surface area contributed by atoms with Crippen LogP contribution in [0.15, 0.2) is 88.2 Å². The molecule has 3 aromatic carbocycles. The third kappa shape index (κ3) is 6.33. The molecule has 0 heterocycles. The van der Waals surface area contributed by atoms with E-state index in [0.717, 1.165) is 15.4 Å². The monoisotopic (exact) mass is 571 g/mol. The quantitative estimate of drug-likeness (QED) is 0.388. The Labute approximate surface area is 221 Å². The van der Waals surface area contributed by atoms with E-state index >= 15 is 0 Å². The van der Waals surface area contributed by atoms with Gasteiger partial charge in [0.2, 0.25) is 11.8 Å². The van der Waals surface area contributed by atoms with Crippen molar-refractivity contribution in [1.29, 1.82) is 0 Å². The van der Waals surface area contributed by atoms with Crippen LogP contribution in [0.25, 0.3) is 0 Å². The lowest BCUT2D eigenvalue weighted by molar-refractivity contribution is -0.140. The van der Waals surface area contributed by atoms with Gasteiger partial charge in [0.1, 0.15) is 12.6 Å². The molecule has 0 fully saturated rings. The van der Waals surface area contributed by atoms with Crippen molar-refractivity contribution in [1.82, 2.24) is 10.2 Å². The number of nitrogens with one attached hydrogen (secondary N) is 1. The number of nitrogens with zero attached hydrogens (tertiary/aromatic N) is 2. The van der Waals surface area contributed by atoms with Gasteiger partial charge in [0.05, 0.1) is 10.6 Å². The Morgan fingerprint density at radius 1 is 0.972 bits per heavy atom. The summed E-state index contributed by atoms with van der Waals surface area (Å²) in [6, 6.07) is 21.6. The summed E-state index contributed by atoms with van der Waals surface area (Å²) in [6.07, 6.45) is 0.375. The molecule has 0 radical (unpaired) electrons. The second-order valence-electron chi connectivity index (χ2n) is 8.29. The maximum absolute atomic E-state index is 13.9. The molecular formula is C27H30BrN3O4S. The first-order chi connectivity index (χ1) is 17.2. The third-order valence-electron chi connectivity index (χ3n) is 5.94. The topological polar surface area (TPSA) is 86.8 Å². The van der Waals surface area contributed by atoms with Crippen molar-refractivity contribution in [2.24, 2.45) is 0 Å². The van der Waals surface area contributed by atoms with Crippen LogP contribution in [0.1, 0.15) is 24.5 Å². The number of sulfonamides is 1. The third-order valence-corrected chi connectivity index (χ3v) is 8.22. The standard InChI is InChI=1S/C27H30BrN3O4S/c1-4-25(27(33)29-3)30(18-21-12-9-8-11-20(21)2)26(32)19-31(23-14-10-13-22(28)17-23)36(34,35)24-15-6-5-7-16-24/h5-17,25H,4,18-19H2,1-3H3,(H,29,33). The predicted molar refractivity (Wildman–Crippen MR) is 145 cm³/mol. The first kappa shape index (κ1) is 27.4. The van der Waals surface area contributed by atoms with E-state index in [0.29, 0.717) is 16.6 Å². The van der Waals surface area contributed by atoms with Gasteiger partial charge in [-0.15, -0.1) is 0 Å². The van der Waals surface area contributed by atoms with Crippen LogP contribution >= 0.6 is 15.9 Å². The van der Waals surface area contributed by atoms with Crippen molar-refractivity contribution < 1.29 is 18.0 Å². The molecule has 7 nitrogen and oxygen atoms in total. The second kappa shape index (κ2) is 12.2. The van der Waals surface area contributed by atoms with E-state index in [1.54, 1.807) is 42.5 Å². The normalized spacial score (nSPS) is 12.0. The fourth-order valence-corrected chi connectivity index (χ4v) is 5.75. The summed E-state index contributed by atoms with van der Waals surface area (Å²) in [5.74, 6) is -0.785. The van der Waals surface area contributed by atoms with Crippen molar-refractivity contribution in [3.05, 3.63) is 94.5 Å². The van der Waals surface area contributed by atoms with Crippen LogP contribution in [0.3, 0.4) is 0 Å². The Morgan fingerprint density at radius 3 is 2.25 bits per heavy atom. The average Bonchev–Trinajstić information content (AvgIpc) is 2.88. The Hall–Kier alpha value is -3.17. The molecule has 0 bridgehead atoms. The van der Waals surface area contributed by atoms with Crippen molar-refractivity contribution >= 4 is 43.5 Å². The molecule has 0 aliphatic heterocycles. The van der Waals surface area contributed by atoms with Crippen molar-refractivity contribution in [3.63, 3.8) is 0 Å². The molecule has 9 heteroatoms. The van der Waals surface area contributed by atoms with E-state index in [-0.39, 0.29) is 17.3 Å². The lowest BCUT2D eigenvalue weighted by atomic mass is 10.1. The van der Waals surface area contributed by atoms with E-state index in [1.807, 2.05) is 38.1 Å². The minimum atomic E-state index is -4.07. The van der Waals surface area contributed by atoms with Gasteiger partial charge in [-0.05, 0) is 54.8 Å². The zero-order valence-electron chi connectivity index (χ0n) is 20.5. The van der Waals surface area contributed by atoms with E-state index in [4.69, 9.17) is 0 Å². The predicted octanol–water partition coefficient (Wildman–Crippen LogP) is 4.51. The zero-order chi connectivity index (χ0) is 26.3. The van der Waals surface area contributed by atoms with Gasteiger partial charge in [-0.2, -0.15) is 0 Å². The summed E-state index contributed by atoms with van der Waals surface area (Å²) < 4.78 is 29.2. The molecule has 3 aromatic rings. The SMILES string of the molecule is CCC(C(=O)NC)N(Cc1ccccc1C)C(=O)CN(c1cccc(Br)c1)S(=O)(=O)c1ccccc1. The van der Waals surface area contributed by atoms with Crippen molar-refractivity contribution in [2.45, 2.75) is 37.8 Å². The molecule has 0 aromatic heterocycles. The lowest BCUT2D eigenvalue weighted by Gasteiger charge is -2.33. The zero-order valence-corrected chi connectivity index (χ0v) is 22.9. The number of anilines is 1. The summed E-state index contributed by atoms with van der Waals surface area (Å²) >= 11 is 3.39. The van der Waals surface area contributed by atoms with Crippen LogP contribution in [0.5, 0.6) is 0 Å². The van der Waals surface area contributed by atoms with Gasteiger partial charge < -0.3 is 10.2 Å². The van der Waals surface area contributed by atoms with E-state index in [1.165, 1.54) is 24.1 Å². The number of carbonyl (C=O) groups excluding carboxylic acids is 2. The summed E-state index contributed by atoms with van der Waals surface area (Å²) in [4.78, 5) is 28.1. The molecule has 0 aliphatic rings. The fraction of sp³-hybridized carbons (Fsp3) is 0.259. The Kier molecular flexibility index (Phi) is 9.28. The summed E-state index contributed by atoms with van der Waals surface area (Å²) in [5, 5.41) is 2.63. The smallest absolute Gasteiger partial charge is 0.264 e. The maximum Gasteiger partial charge on any atom is 0.264 e. The van der Waals surface area contributed by atoms with Gasteiger partial charge in [-0.3, -0.25) is 13.9 Å². The molecule has 1 N–H and O–H groups in total. The first-order valence-electron chi connectivity index (χ1n) is 11.6. The van der Waals surface area contributed by atoms with E-state index in [2.05, 4.69) is 21.2 Å². The molecule has 1 unspecified atom stereocenters. The summed E-state index contributed by atoms with van der Waals surface area (Å²) in [5.41, 5.74) is 2.20. The molecule has 2 amide bonds. The van der Waals surface area contributed by atoms with E-state index in [9.17, 15) is 18.0 Å². The number of carbonyl (C=O) groups is 2. The number of halogens is 1. The molecular weight excluding hydrogens is 542 g/mol. The van der Waals surface area contributed by atoms with Crippen LogP contribution in [-0.2, 0) is 26.2 Å². The van der Waals surface area contributed by atoms with Gasteiger partial charge in [0.25, 0.3) is 10.0 Å². The Balaban J connectivity index is 2.06. The number of rotatable bonds is 10. The van der Waals surface area contributed by atoms with Gasteiger partial charge in [0.15, 0.2) is 0 Å². The van der Waals surface area contributed by atoms with Crippen LogP contribution in [0.2, 0.25) is 0 Å². The lowest BCUT2D eigenvalue weighted by Crippen LogP contribution is -2.51. The first-order valence-corrected chi connectivity index (χ1v) is 13.8. The van der Waals surface area contributed by atoms with Gasteiger partial charge in [-0.25, -0.2) is 8.42 Å². The molecule has 0 saturated carbocycles. The van der Waals surface area contributed by atoms with E-state index < -0.39 is 28.5 Å². The average molecular weight is 573 g/mol. The van der Waals surface area contributed by atoms with Gasteiger partial charge in [-0.1, -0.05) is 71.4 Å². The number of amides is 2. The summed E-state index contributed by atoms with van der Waals surface area (Å²) in [7, 11) is -2.55. The number of aryl methyl sites for hydroxylation is 1. The number of likely N-dealkylation sites (N-methyl/N-ethyl adjacent to an activating group) is 1. The number of hydrogen-bond donors (Lipinski definition) is 1. The largest absolute Gasteiger partial charge is 0.357 e. The number of hydrogen-bond acceptors (Lipinski definition) is 4. The Bertz CT molecular complexity index is 1320. The number of benzene rings is 3. The maximum atomic E-state index is 13.9. The molecule has 36 heavy (non-hydrogen) atoms. The van der Waals surface area contributed by atoms with Gasteiger partial charge >= 0.3 is 0 Å². The highest BCUT2D eigenvalue weighted by atomic mass is 79.9. The van der Waals surface area contributed by atoms with Crippen LogP contribution in [0.4, 0.5) is 5.69 Å². The minimum Gasteiger partial charge on any atom is -0.357 e. The van der Waals surface area contributed by atoms with Crippen molar-refractivity contribution in [2.75, 3.05) is 17.9 Å². The second-order valence-corrected chi connectivity index (χ2v) is 11.1. The molecule has 1 atom stereocenters. The van der Waals surface area contributed by atoms with Crippen LogP contribution < -0.4 is 9.62 Å².